The summed E-state index contributed by atoms with van der Waals surface area (Å²) in [6.07, 6.45) is 4.69. The van der Waals surface area contributed by atoms with Crippen LogP contribution in [-0.4, -0.2) is 79.7 Å². The number of halogens is 2. The van der Waals surface area contributed by atoms with Crippen molar-refractivity contribution < 1.29 is 23.4 Å². The lowest BCUT2D eigenvalue weighted by Gasteiger charge is -2.37. The van der Waals surface area contributed by atoms with Crippen LogP contribution in [-0.2, 0) is 16.9 Å². The van der Waals surface area contributed by atoms with Crippen molar-refractivity contribution in [2.75, 3.05) is 49.2 Å². The maximum absolute atomic E-state index is 15.0. The Morgan fingerprint density at radius 3 is 2.14 bits per heavy atom. The highest BCUT2D eigenvalue weighted by Gasteiger charge is 2.46. The molecular formula is C37H42F2N8O4. The maximum Gasteiger partial charge on any atom is 0.350 e. The SMILES string of the molecule is CC[C@@H]([C@H](C)O)n1ncn(-c2ccc(N3CCN(c4ccc(OC[C@@H]5CO[C@@](Cn6cncn6)(c6c(F)cccc6F)C5)cc4)CC3)cc2)c1=O. The van der Waals surface area contributed by atoms with Crippen LogP contribution in [0.1, 0.15) is 38.3 Å². The van der Waals surface area contributed by atoms with Gasteiger partial charge in [-0.3, -0.25) is 0 Å². The number of nitrogens with zero attached hydrogens (tertiary/aromatic N) is 8. The smallest absolute Gasteiger partial charge is 0.350 e. The molecule has 12 nitrogen and oxygen atoms in total. The van der Waals surface area contributed by atoms with Crippen molar-refractivity contribution in [1.82, 2.24) is 29.1 Å². The summed E-state index contributed by atoms with van der Waals surface area (Å²) in [5, 5.41) is 18.4. The van der Waals surface area contributed by atoms with Crippen LogP contribution in [0.15, 0.2) is 90.5 Å². The first-order chi connectivity index (χ1) is 24.7. The molecule has 268 valence electrons. The van der Waals surface area contributed by atoms with Crippen LogP contribution < -0.4 is 20.2 Å². The third-order valence-corrected chi connectivity index (χ3v) is 9.96. The van der Waals surface area contributed by atoms with E-state index >= 15 is 0 Å². The predicted molar refractivity (Wildman–Crippen MR) is 187 cm³/mol. The average molecular weight is 701 g/mol. The zero-order valence-corrected chi connectivity index (χ0v) is 28.7. The lowest BCUT2D eigenvalue weighted by Crippen LogP contribution is -2.46. The summed E-state index contributed by atoms with van der Waals surface area (Å²) in [5.74, 6) is -0.674. The molecule has 51 heavy (non-hydrogen) atoms. The molecule has 0 unspecified atom stereocenters. The lowest BCUT2D eigenvalue weighted by atomic mass is 9.86. The fraction of sp³-hybridized carbons (Fsp3) is 0.405. The monoisotopic (exact) mass is 700 g/mol. The van der Waals surface area contributed by atoms with Gasteiger partial charge in [-0.15, -0.1) is 0 Å². The summed E-state index contributed by atoms with van der Waals surface area (Å²) in [6.45, 7) is 7.70. The Labute approximate surface area is 294 Å². The molecule has 4 heterocycles. The Balaban J connectivity index is 0.927. The molecule has 5 aromatic rings. The van der Waals surface area contributed by atoms with Gasteiger partial charge < -0.3 is 24.4 Å². The Kier molecular flexibility index (Phi) is 9.87. The zero-order valence-electron chi connectivity index (χ0n) is 28.7. The lowest BCUT2D eigenvalue weighted by molar-refractivity contribution is -0.0233. The number of hydrogen-bond acceptors (Lipinski definition) is 9. The fourth-order valence-corrected chi connectivity index (χ4v) is 7.29. The van der Waals surface area contributed by atoms with Gasteiger partial charge >= 0.3 is 5.69 Å². The molecule has 1 N–H and O–H groups in total. The highest BCUT2D eigenvalue weighted by molar-refractivity contribution is 5.54. The molecule has 2 aromatic heterocycles. The quantitative estimate of drug-likeness (QED) is 0.200. The molecule has 0 amide bonds. The molecule has 2 saturated heterocycles. The van der Waals surface area contributed by atoms with E-state index in [1.807, 2.05) is 55.5 Å². The molecule has 0 aliphatic carbocycles. The van der Waals surface area contributed by atoms with Crippen LogP contribution in [0.2, 0.25) is 0 Å². The molecule has 0 bridgehead atoms. The van der Waals surface area contributed by atoms with Crippen molar-refractivity contribution >= 4 is 11.4 Å². The van der Waals surface area contributed by atoms with Gasteiger partial charge in [-0.05, 0) is 80.4 Å². The molecule has 2 aliphatic heterocycles. The van der Waals surface area contributed by atoms with Crippen molar-refractivity contribution in [2.45, 2.75) is 51.0 Å². The van der Waals surface area contributed by atoms with Gasteiger partial charge in [0, 0.05) is 43.5 Å². The molecule has 3 aromatic carbocycles. The second-order valence-electron chi connectivity index (χ2n) is 13.3. The van der Waals surface area contributed by atoms with E-state index in [1.54, 1.807) is 6.92 Å². The molecule has 0 radical (unpaired) electrons. The second kappa shape index (κ2) is 14.6. The first kappa shape index (κ1) is 34.4. The summed E-state index contributed by atoms with van der Waals surface area (Å²) >= 11 is 0. The van der Waals surface area contributed by atoms with Crippen molar-refractivity contribution in [2.24, 2.45) is 5.92 Å². The standard InChI is InChI=1S/C37H42F2N8O4/c1-3-34(26(2)48)47-36(49)46(25-42-47)30-9-7-28(8-10-30)43-15-17-44(18-16-43)29-11-13-31(14-12-29)50-20-27-19-37(51-21-27,22-45-24-40-23-41-45)35-32(38)5-4-6-33(35)39/h4-14,23-27,34,48H,3,15-22H2,1-2H3/t26-,27+,34-,37-/m0/s1. The van der Waals surface area contributed by atoms with Gasteiger partial charge in [0.2, 0.25) is 0 Å². The summed E-state index contributed by atoms with van der Waals surface area (Å²) in [5.41, 5.74) is 1.31. The highest BCUT2D eigenvalue weighted by atomic mass is 19.1. The zero-order chi connectivity index (χ0) is 35.5. The van der Waals surface area contributed by atoms with Gasteiger partial charge in [0.15, 0.2) is 0 Å². The molecule has 7 rings (SSSR count). The van der Waals surface area contributed by atoms with Gasteiger partial charge in [0.05, 0.1) is 43.2 Å². The molecule has 0 spiro atoms. The molecule has 0 saturated carbocycles. The summed E-state index contributed by atoms with van der Waals surface area (Å²) in [7, 11) is 0. The summed E-state index contributed by atoms with van der Waals surface area (Å²) < 4.78 is 46.6. The normalized spacial score (nSPS) is 20.5. The Hall–Kier alpha value is -5.08. The minimum Gasteiger partial charge on any atom is -0.493 e. The van der Waals surface area contributed by atoms with Crippen LogP contribution in [0.5, 0.6) is 5.75 Å². The van der Waals surface area contributed by atoms with E-state index in [1.165, 1.54) is 51.1 Å². The minimum atomic E-state index is -1.23. The number of rotatable bonds is 12. The fourth-order valence-electron chi connectivity index (χ4n) is 7.29. The number of aromatic nitrogens is 6. The minimum absolute atomic E-state index is 0.0866. The number of benzene rings is 3. The van der Waals surface area contributed by atoms with E-state index in [0.717, 1.165) is 43.2 Å². The van der Waals surface area contributed by atoms with Crippen LogP contribution in [0.4, 0.5) is 20.2 Å². The molecule has 2 aliphatic rings. The molecular weight excluding hydrogens is 658 g/mol. The van der Waals surface area contributed by atoms with Crippen molar-refractivity contribution in [3.05, 3.63) is 113 Å². The topological polar surface area (TPSA) is 116 Å². The third kappa shape index (κ3) is 7.10. The number of hydrogen-bond donors (Lipinski definition) is 1. The van der Waals surface area contributed by atoms with E-state index < -0.39 is 23.3 Å². The van der Waals surface area contributed by atoms with Gasteiger partial charge in [0.25, 0.3) is 0 Å². The largest absolute Gasteiger partial charge is 0.493 e. The second-order valence-corrected chi connectivity index (χ2v) is 13.3. The van der Waals surface area contributed by atoms with E-state index in [9.17, 15) is 18.7 Å². The number of anilines is 2. The first-order valence-electron chi connectivity index (χ1n) is 17.3. The number of piperazine rings is 1. The Morgan fingerprint density at radius 2 is 1.55 bits per heavy atom. The predicted octanol–water partition coefficient (Wildman–Crippen LogP) is 4.57. The van der Waals surface area contributed by atoms with Crippen molar-refractivity contribution in [1.29, 1.82) is 0 Å². The van der Waals surface area contributed by atoms with Gasteiger partial charge in [0.1, 0.15) is 42.0 Å². The van der Waals surface area contributed by atoms with Crippen molar-refractivity contribution in [3.63, 3.8) is 0 Å². The van der Waals surface area contributed by atoms with E-state index in [2.05, 4.69) is 25.0 Å². The van der Waals surface area contributed by atoms with Crippen LogP contribution in [0.25, 0.3) is 5.69 Å². The van der Waals surface area contributed by atoms with Gasteiger partial charge in [-0.2, -0.15) is 10.2 Å². The third-order valence-electron chi connectivity index (χ3n) is 9.96. The van der Waals surface area contributed by atoms with Gasteiger partial charge in [-0.25, -0.2) is 32.5 Å². The van der Waals surface area contributed by atoms with Crippen LogP contribution >= 0.6 is 0 Å². The molecule has 14 heteroatoms. The first-order valence-corrected chi connectivity index (χ1v) is 17.3. The number of aliphatic hydroxyl groups excluding tert-OH is 1. The molecule has 2 fully saturated rings. The van der Waals surface area contributed by atoms with Crippen LogP contribution in [0, 0.1) is 17.6 Å². The number of aliphatic hydroxyl groups is 1. The Bertz CT molecular complexity index is 1940. The molecule has 4 atom stereocenters. The summed E-state index contributed by atoms with van der Waals surface area (Å²) in [4.78, 5) is 21.6. The Morgan fingerprint density at radius 1 is 0.922 bits per heavy atom. The average Bonchev–Trinajstić information content (AvgIpc) is 3.89. The number of ether oxygens (including phenoxy) is 2. The van der Waals surface area contributed by atoms with Crippen molar-refractivity contribution in [3.8, 4) is 11.4 Å². The highest BCUT2D eigenvalue weighted by Crippen LogP contribution is 2.43. The van der Waals surface area contributed by atoms with E-state index in [4.69, 9.17) is 9.47 Å². The van der Waals surface area contributed by atoms with E-state index in [-0.39, 0.29) is 29.8 Å². The maximum atomic E-state index is 15.0. The van der Waals surface area contributed by atoms with Crippen LogP contribution in [0.3, 0.4) is 0 Å². The summed E-state index contributed by atoms with van der Waals surface area (Å²) in [6, 6.07) is 19.4. The van der Waals surface area contributed by atoms with E-state index in [0.29, 0.717) is 31.8 Å². The van der Waals surface area contributed by atoms with Gasteiger partial charge in [-0.1, -0.05) is 13.0 Å².